The van der Waals surface area contributed by atoms with Crippen LogP contribution in [-0.4, -0.2) is 57.9 Å². The van der Waals surface area contributed by atoms with Crippen molar-refractivity contribution < 1.29 is 27.3 Å². The van der Waals surface area contributed by atoms with E-state index in [0.717, 1.165) is 0 Å². The van der Waals surface area contributed by atoms with E-state index in [0.29, 0.717) is 24.2 Å². The number of nitrogens with zero attached hydrogens (tertiary/aromatic N) is 6. The molecule has 9 nitrogen and oxygen atoms in total. The van der Waals surface area contributed by atoms with Crippen molar-refractivity contribution in [3.05, 3.63) is 59.6 Å². The Balaban J connectivity index is 1.51. The Hall–Kier alpha value is -4.27. The van der Waals surface area contributed by atoms with Crippen LogP contribution in [-0.2, 0) is 11.0 Å². The van der Waals surface area contributed by atoms with E-state index in [1.165, 1.54) is 35.4 Å². The number of halogens is 3. The predicted molar refractivity (Wildman–Crippen MR) is 107 cm³/mol. The van der Waals surface area contributed by atoms with Crippen molar-refractivity contribution in [3.8, 4) is 17.5 Å². The van der Waals surface area contributed by atoms with Crippen LogP contribution in [0.5, 0.6) is 0 Å². The highest BCUT2D eigenvalue weighted by Gasteiger charge is 2.38. The molecule has 1 aliphatic heterocycles. The number of carbonyl (C=O) groups excluding carboxylic acids is 2. The van der Waals surface area contributed by atoms with Gasteiger partial charge in [0, 0.05) is 37.0 Å². The zero-order chi connectivity index (χ0) is 23.6. The van der Waals surface area contributed by atoms with Crippen LogP contribution in [0.4, 0.5) is 19.0 Å². The fourth-order valence-corrected chi connectivity index (χ4v) is 3.45. The number of hydrogen-bond acceptors (Lipinski definition) is 8. The number of hydrogen-bond donors (Lipinski definition) is 0. The normalized spacial score (nSPS) is 16.4. The Morgan fingerprint density at radius 2 is 2.06 bits per heavy atom. The van der Waals surface area contributed by atoms with Crippen LogP contribution in [0.2, 0.25) is 0 Å². The van der Waals surface area contributed by atoms with E-state index >= 15 is 0 Å². The molecule has 1 amide bonds. The molecule has 12 heteroatoms. The molecule has 3 aromatic rings. The number of carbonyl (C=O) groups is 2. The van der Waals surface area contributed by atoms with Gasteiger partial charge in [0.2, 0.25) is 5.82 Å². The van der Waals surface area contributed by atoms with E-state index in [1.54, 1.807) is 17.0 Å². The number of amides is 1. The lowest BCUT2D eigenvalue weighted by Crippen LogP contribution is -2.55. The highest BCUT2D eigenvalue weighted by Crippen LogP contribution is 2.29. The van der Waals surface area contributed by atoms with E-state index in [2.05, 4.69) is 19.6 Å². The van der Waals surface area contributed by atoms with Crippen LogP contribution in [0, 0.1) is 11.3 Å². The Labute approximate surface area is 185 Å². The lowest BCUT2D eigenvalue weighted by atomic mass is 10.1. The minimum Gasteiger partial charge on any atom is -0.343 e. The summed E-state index contributed by atoms with van der Waals surface area (Å²) >= 11 is 0. The van der Waals surface area contributed by atoms with E-state index in [1.807, 2.05) is 6.07 Å². The maximum atomic E-state index is 13.0. The molecular weight excluding hydrogens is 441 g/mol. The molecule has 1 aliphatic rings. The number of anilines is 1. The van der Waals surface area contributed by atoms with Gasteiger partial charge in [-0.25, -0.2) is 4.98 Å². The Bertz CT molecular complexity index is 1220. The maximum absolute atomic E-state index is 13.0. The smallest absolute Gasteiger partial charge is 0.343 e. The first kappa shape index (κ1) is 21.9. The first-order valence-corrected chi connectivity index (χ1v) is 9.69. The summed E-state index contributed by atoms with van der Waals surface area (Å²) in [6.07, 6.45) is -2.65. The molecule has 1 fully saturated rings. The Morgan fingerprint density at radius 3 is 2.70 bits per heavy atom. The zero-order valence-electron chi connectivity index (χ0n) is 16.9. The summed E-state index contributed by atoms with van der Waals surface area (Å²) in [5.41, 5.74) is 0.784. The summed E-state index contributed by atoms with van der Waals surface area (Å²) in [6.45, 7) is 0.706. The van der Waals surface area contributed by atoms with Gasteiger partial charge in [-0.2, -0.15) is 23.4 Å². The summed E-state index contributed by atoms with van der Waals surface area (Å²) < 4.78 is 42.4. The number of pyridine rings is 1. The first-order valence-electron chi connectivity index (χ1n) is 9.69. The van der Waals surface area contributed by atoms with Crippen LogP contribution >= 0.6 is 0 Å². The van der Waals surface area contributed by atoms with Gasteiger partial charge in [-0.3, -0.25) is 4.79 Å². The van der Waals surface area contributed by atoms with Crippen molar-refractivity contribution in [2.24, 2.45) is 0 Å². The molecule has 1 atom stereocenters. The fourth-order valence-electron chi connectivity index (χ4n) is 3.45. The minimum atomic E-state index is -4.77. The molecule has 0 N–H and O–H groups in total. The lowest BCUT2D eigenvalue weighted by Gasteiger charge is -2.39. The topological polar surface area (TPSA) is 116 Å². The summed E-state index contributed by atoms with van der Waals surface area (Å²) in [4.78, 5) is 35.5. The maximum Gasteiger partial charge on any atom is 0.471 e. The third-order valence-corrected chi connectivity index (χ3v) is 5.07. The SMILES string of the molecule is N#Cc1ccc(N2CCN(C(=O)c3cccc(-c4noc(C(F)(F)F)n4)c3)CC2C=O)nc1. The van der Waals surface area contributed by atoms with Crippen LogP contribution in [0.1, 0.15) is 21.8 Å². The van der Waals surface area contributed by atoms with Gasteiger partial charge in [-0.05, 0) is 24.3 Å². The van der Waals surface area contributed by atoms with Crippen molar-refractivity contribution in [2.75, 3.05) is 24.5 Å². The molecule has 0 bridgehead atoms. The highest BCUT2D eigenvalue weighted by molar-refractivity contribution is 5.95. The second-order valence-electron chi connectivity index (χ2n) is 7.17. The summed E-state index contributed by atoms with van der Waals surface area (Å²) in [7, 11) is 0. The van der Waals surface area contributed by atoms with Gasteiger partial charge in [0.1, 0.15) is 24.2 Å². The van der Waals surface area contributed by atoms with Gasteiger partial charge in [0.05, 0.1) is 5.56 Å². The van der Waals surface area contributed by atoms with Crippen LogP contribution in [0.25, 0.3) is 11.4 Å². The van der Waals surface area contributed by atoms with Gasteiger partial charge in [-0.1, -0.05) is 17.3 Å². The van der Waals surface area contributed by atoms with Crippen molar-refractivity contribution in [3.63, 3.8) is 0 Å². The average Bonchev–Trinajstić information content (AvgIpc) is 3.34. The molecule has 4 rings (SSSR count). The Kier molecular flexibility index (Phi) is 5.78. The summed E-state index contributed by atoms with van der Waals surface area (Å²) in [5.74, 6) is -1.65. The highest BCUT2D eigenvalue weighted by atomic mass is 19.4. The molecule has 2 aromatic heterocycles. The predicted octanol–water partition coefficient (Wildman–Crippen LogP) is 2.55. The molecule has 168 valence electrons. The van der Waals surface area contributed by atoms with Crippen molar-refractivity contribution in [1.29, 1.82) is 5.26 Å². The monoisotopic (exact) mass is 456 g/mol. The number of benzene rings is 1. The van der Waals surface area contributed by atoms with E-state index in [-0.39, 0.29) is 30.0 Å². The molecule has 1 unspecified atom stereocenters. The average molecular weight is 456 g/mol. The molecule has 3 heterocycles. The van der Waals surface area contributed by atoms with Gasteiger partial charge in [0.25, 0.3) is 5.91 Å². The van der Waals surface area contributed by atoms with E-state index in [4.69, 9.17) is 5.26 Å². The van der Waals surface area contributed by atoms with Crippen molar-refractivity contribution in [1.82, 2.24) is 20.0 Å². The fraction of sp³-hybridized carbons (Fsp3) is 0.238. The van der Waals surface area contributed by atoms with E-state index < -0.39 is 24.0 Å². The van der Waals surface area contributed by atoms with Crippen LogP contribution < -0.4 is 4.90 Å². The van der Waals surface area contributed by atoms with Gasteiger partial charge in [0.15, 0.2) is 0 Å². The number of piperazine rings is 1. The third kappa shape index (κ3) is 4.52. The largest absolute Gasteiger partial charge is 0.471 e. The molecule has 0 radical (unpaired) electrons. The molecule has 0 spiro atoms. The number of aldehydes is 1. The zero-order valence-corrected chi connectivity index (χ0v) is 16.9. The minimum absolute atomic E-state index is 0.0919. The Morgan fingerprint density at radius 1 is 1.24 bits per heavy atom. The van der Waals surface area contributed by atoms with Gasteiger partial charge < -0.3 is 19.1 Å². The molecule has 0 saturated carbocycles. The number of alkyl halides is 3. The molecule has 0 aliphatic carbocycles. The molecular formula is C21H15F3N6O3. The van der Waals surface area contributed by atoms with Crippen LogP contribution in [0.15, 0.2) is 47.1 Å². The molecule has 1 aromatic carbocycles. The number of nitriles is 1. The third-order valence-electron chi connectivity index (χ3n) is 5.07. The summed E-state index contributed by atoms with van der Waals surface area (Å²) in [5, 5.41) is 12.2. The number of rotatable bonds is 4. The van der Waals surface area contributed by atoms with Gasteiger partial charge >= 0.3 is 12.1 Å². The second-order valence-corrected chi connectivity index (χ2v) is 7.17. The number of aromatic nitrogens is 3. The van der Waals surface area contributed by atoms with Crippen molar-refractivity contribution in [2.45, 2.75) is 12.2 Å². The van der Waals surface area contributed by atoms with Gasteiger partial charge in [-0.15, -0.1) is 0 Å². The molecule has 1 saturated heterocycles. The van der Waals surface area contributed by atoms with E-state index in [9.17, 15) is 22.8 Å². The lowest BCUT2D eigenvalue weighted by molar-refractivity contribution is -0.159. The summed E-state index contributed by atoms with van der Waals surface area (Å²) in [6, 6.07) is 10.4. The van der Waals surface area contributed by atoms with Crippen LogP contribution in [0.3, 0.4) is 0 Å². The molecule has 33 heavy (non-hydrogen) atoms. The quantitative estimate of drug-likeness (QED) is 0.550. The first-order chi connectivity index (χ1) is 15.8. The van der Waals surface area contributed by atoms with Crippen molar-refractivity contribution >= 4 is 18.0 Å². The second kappa shape index (κ2) is 8.70. The standard InChI is InChI=1S/C21H15F3N6O3/c22-21(23,24)20-27-18(28-33-20)14-2-1-3-15(8-14)19(32)29-6-7-30(16(11-29)12-31)17-5-4-13(9-25)10-26-17/h1-5,8,10,12,16H,6-7,11H2.